The molecule has 5 nitrogen and oxygen atoms in total. The number of para-hydroxylation sites is 1. The number of hydrogen-bond acceptors (Lipinski definition) is 4. The summed E-state index contributed by atoms with van der Waals surface area (Å²) < 4.78 is 25.7. The highest BCUT2D eigenvalue weighted by molar-refractivity contribution is 5.91. The molecule has 1 atom stereocenters. The van der Waals surface area contributed by atoms with Crippen LogP contribution in [-0.2, 0) is 4.79 Å². The third-order valence-electron chi connectivity index (χ3n) is 3.04. The third-order valence-corrected chi connectivity index (χ3v) is 3.04. The second-order valence-corrected chi connectivity index (χ2v) is 4.95. The van der Waals surface area contributed by atoms with Gasteiger partial charge in [0.1, 0.15) is 11.9 Å². The average Bonchev–Trinajstić information content (AvgIpc) is 2.43. The highest BCUT2D eigenvalue weighted by atomic mass is 19.3. The van der Waals surface area contributed by atoms with Gasteiger partial charge in [-0.1, -0.05) is 26.0 Å². The number of halogens is 2. The minimum Gasteiger partial charge on any atom is -0.480 e. The van der Waals surface area contributed by atoms with Crippen LogP contribution >= 0.6 is 0 Å². The number of nitrogens with one attached hydrogen (secondary N) is 1. The number of aromatic nitrogens is 2. The van der Waals surface area contributed by atoms with E-state index in [9.17, 15) is 18.7 Å². The number of nitrogens with zero attached hydrogens (tertiary/aromatic N) is 2. The van der Waals surface area contributed by atoms with Gasteiger partial charge in [-0.3, -0.25) is 0 Å². The lowest BCUT2D eigenvalue weighted by Gasteiger charge is -2.19. The van der Waals surface area contributed by atoms with Crippen molar-refractivity contribution in [1.82, 2.24) is 9.97 Å². The molecule has 0 fully saturated rings. The Kier molecular flexibility index (Phi) is 4.30. The summed E-state index contributed by atoms with van der Waals surface area (Å²) in [5, 5.41) is 12.4. The first kappa shape index (κ1) is 15.1. The molecule has 0 saturated carbocycles. The predicted octanol–water partition coefficient (Wildman–Crippen LogP) is 3.09. The molecule has 2 aromatic rings. The lowest BCUT2D eigenvalue weighted by atomic mass is 10.0. The zero-order valence-corrected chi connectivity index (χ0v) is 11.5. The van der Waals surface area contributed by atoms with Gasteiger partial charge in [0.15, 0.2) is 5.82 Å². The number of benzene rings is 1. The van der Waals surface area contributed by atoms with Gasteiger partial charge < -0.3 is 10.4 Å². The van der Waals surface area contributed by atoms with Crippen LogP contribution in [0.5, 0.6) is 0 Å². The molecule has 1 aromatic heterocycles. The number of carbonyl (C=O) groups is 1. The van der Waals surface area contributed by atoms with Crippen molar-refractivity contribution in [3.8, 4) is 0 Å². The van der Waals surface area contributed by atoms with Gasteiger partial charge in [-0.2, -0.15) is 0 Å². The van der Waals surface area contributed by atoms with Crippen molar-refractivity contribution >= 4 is 22.7 Å². The van der Waals surface area contributed by atoms with Crippen LogP contribution in [0.15, 0.2) is 24.3 Å². The van der Waals surface area contributed by atoms with Crippen LogP contribution in [0.25, 0.3) is 10.9 Å². The molecule has 0 radical (unpaired) electrons. The van der Waals surface area contributed by atoms with Gasteiger partial charge in [0.25, 0.3) is 6.43 Å². The predicted molar refractivity (Wildman–Crippen MR) is 74.4 cm³/mol. The normalized spacial score (nSPS) is 12.9. The van der Waals surface area contributed by atoms with E-state index in [-0.39, 0.29) is 11.7 Å². The molecular formula is C14H15F2N3O2. The number of aliphatic carboxylic acids is 1. The first-order valence-electron chi connectivity index (χ1n) is 6.44. The van der Waals surface area contributed by atoms with E-state index in [0.29, 0.717) is 10.9 Å². The maximum atomic E-state index is 12.9. The summed E-state index contributed by atoms with van der Waals surface area (Å²) in [6.07, 6.45) is -2.82. The Balaban J connectivity index is 2.53. The van der Waals surface area contributed by atoms with E-state index in [0.717, 1.165) is 0 Å². The Bertz CT molecular complexity index is 662. The Hall–Kier alpha value is -2.31. The summed E-state index contributed by atoms with van der Waals surface area (Å²) >= 11 is 0. The van der Waals surface area contributed by atoms with Crippen molar-refractivity contribution in [2.45, 2.75) is 26.3 Å². The summed E-state index contributed by atoms with van der Waals surface area (Å²) in [4.78, 5) is 18.8. The van der Waals surface area contributed by atoms with Crippen LogP contribution in [0.2, 0.25) is 0 Å². The fraction of sp³-hybridized carbons (Fsp3) is 0.357. The molecular weight excluding hydrogens is 280 g/mol. The number of alkyl halides is 2. The maximum absolute atomic E-state index is 12.9. The van der Waals surface area contributed by atoms with Gasteiger partial charge in [0.05, 0.1) is 5.52 Å². The molecule has 0 unspecified atom stereocenters. The van der Waals surface area contributed by atoms with Crippen LogP contribution < -0.4 is 5.32 Å². The molecule has 112 valence electrons. The molecule has 0 spiro atoms. The number of carboxylic acids is 1. The molecule has 2 N–H and O–H groups in total. The molecule has 1 heterocycles. The molecule has 7 heteroatoms. The van der Waals surface area contributed by atoms with Gasteiger partial charge in [-0.25, -0.2) is 23.5 Å². The maximum Gasteiger partial charge on any atom is 0.326 e. The molecule has 0 bridgehead atoms. The van der Waals surface area contributed by atoms with E-state index in [1.54, 1.807) is 38.1 Å². The summed E-state index contributed by atoms with van der Waals surface area (Å²) in [5.74, 6) is -1.81. The van der Waals surface area contributed by atoms with Crippen LogP contribution in [0, 0.1) is 5.92 Å². The molecule has 0 aliphatic heterocycles. The minimum atomic E-state index is -2.82. The van der Waals surface area contributed by atoms with E-state index in [1.165, 1.54) is 0 Å². The lowest BCUT2D eigenvalue weighted by molar-refractivity contribution is -0.138. The number of carboxylic acid groups (broad SMARTS) is 1. The van der Waals surface area contributed by atoms with Crippen molar-refractivity contribution in [1.29, 1.82) is 0 Å². The van der Waals surface area contributed by atoms with Crippen molar-refractivity contribution in [3.63, 3.8) is 0 Å². The first-order chi connectivity index (χ1) is 9.90. The highest BCUT2D eigenvalue weighted by Gasteiger charge is 2.24. The number of hydrogen-bond donors (Lipinski definition) is 2. The van der Waals surface area contributed by atoms with Crippen molar-refractivity contribution < 1.29 is 18.7 Å². The van der Waals surface area contributed by atoms with E-state index in [2.05, 4.69) is 15.3 Å². The van der Waals surface area contributed by atoms with Gasteiger partial charge in [0, 0.05) is 5.39 Å². The van der Waals surface area contributed by atoms with Crippen molar-refractivity contribution in [2.24, 2.45) is 5.92 Å². The number of anilines is 1. The smallest absolute Gasteiger partial charge is 0.326 e. The number of rotatable bonds is 5. The Morgan fingerprint density at radius 2 is 1.90 bits per heavy atom. The second-order valence-electron chi connectivity index (χ2n) is 4.95. The van der Waals surface area contributed by atoms with Crippen LogP contribution in [0.1, 0.15) is 26.1 Å². The summed E-state index contributed by atoms with van der Waals surface area (Å²) in [6.45, 7) is 3.45. The average molecular weight is 295 g/mol. The Morgan fingerprint density at radius 3 is 2.48 bits per heavy atom. The Labute approximate surface area is 120 Å². The van der Waals surface area contributed by atoms with Crippen molar-refractivity contribution in [2.75, 3.05) is 5.32 Å². The first-order valence-corrected chi connectivity index (χ1v) is 6.44. The fourth-order valence-corrected chi connectivity index (χ4v) is 1.96. The zero-order chi connectivity index (χ0) is 15.6. The monoisotopic (exact) mass is 295 g/mol. The summed E-state index contributed by atoms with van der Waals surface area (Å²) in [6, 6.07) is 5.70. The lowest BCUT2D eigenvalue weighted by Crippen LogP contribution is -2.34. The second kappa shape index (κ2) is 5.99. The van der Waals surface area contributed by atoms with Crippen LogP contribution in [0.4, 0.5) is 14.6 Å². The summed E-state index contributed by atoms with van der Waals surface area (Å²) in [7, 11) is 0. The van der Waals surface area contributed by atoms with E-state index in [1.807, 2.05) is 0 Å². The molecule has 2 rings (SSSR count). The SMILES string of the molecule is CC(C)[C@@H](Nc1nc(C(F)F)nc2ccccc12)C(=O)O. The quantitative estimate of drug-likeness (QED) is 0.886. The molecule has 0 saturated heterocycles. The van der Waals surface area contributed by atoms with Gasteiger partial charge in [-0.05, 0) is 18.1 Å². The van der Waals surface area contributed by atoms with E-state index in [4.69, 9.17) is 0 Å². The van der Waals surface area contributed by atoms with Gasteiger partial charge in [0.2, 0.25) is 0 Å². The van der Waals surface area contributed by atoms with Gasteiger partial charge >= 0.3 is 5.97 Å². The molecule has 0 aliphatic carbocycles. The topological polar surface area (TPSA) is 75.1 Å². The standard InChI is InChI=1S/C14H15F2N3O2/c1-7(2)10(14(20)21)18-12-8-5-3-4-6-9(8)17-13(19-12)11(15)16/h3-7,10-11H,1-2H3,(H,20,21)(H,17,18,19)/t10-/m1/s1. The summed E-state index contributed by atoms with van der Waals surface area (Å²) in [5.41, 5.74) is 0.346. The largest absolute Gasteiger partial charge is 0.480 e. The molecule has 0 amide bonds. The Morgan fingerprint density at radius 1 is 1.24 bits per heavy atom. The number of fused-ring (bicyclic) bond motifs is 1. The van der Waals surface area contributed by atoms with Crippen LogP contribution in [-0.4, -0.2) is 27.1 Å². The highest BCUT2D eigenvalue weighted by Crippen LogP contribution is 2.25. The fourth-order valence-electron chi connectivity index (χ4n) is 1.96. The van der Waals surface area contributed by atoms with E-state index < -0.39 is 24.3 Å². The minimum absolute atomic E-state index is 0.108. The van der Waals surface area contributed by atoms with Gasteiger partial charge in [-0.15, -0.1) is 0 Å². The molecule has 1 aromatic carbocycles. The van der Waals surface area contributed by atoms with Crippen LogP contribution in [0.3, 0.4) is 0 Å². The molecule has 21 heavy (non-hydrogen) atoms. The zero-order valence-electron chi connectivity index (χ0n) is 11.5. The third kappa shape index (κ3) is 3.24. The van der Waals surface area contributed by atoms with Crippen molar-refractivity contribution in [3.05, 3.63) is 30.1 Å². The van der Waals surface area contributed by atoms with E-state index >= 15 is 0 Å². The molecule has 0 aliphatic rings.